The zero-order chi connectivity index (χ0) is 7.49. The standard InChI is InChI=1S/C6H16N2O/c1-4-6(7,8-9)5(2)3/h5,8-9H,4,7H2,1-3H3. The largest absolute Gasteiger partial charge is 0.315 e. The lowest BCUT2D eigenvalue weighted by molar-refractivity contribution is 0.0327. The lowest BCUT2D eigenvalue weighted by Crippen LogP contribution is -2.55. The maximum atomic E-state index is 8.58. The van der Waals surface area contributed by atoms with E-state index in [1.54, 1.807) is 0 Å². The second kappa shape index (κ2) is 3.15. The molecule has 0 saturated carbocycles. The topological polar surface area (TPSA) is 58.3 Å². The molecule has 0 aromatic carbocycles. The predicted molar refractivity (Wildman–Crippen MR) is 37.0 cm³/mol. The van der Waals surface area contributed by atoms with E-state index < -0.39 is 5.66 Å². The summed E-state index contributed by atoms with van der Waals surface area (Å²) in [5.74, 6) is 0.243. The summed E-state index contributed by atoms with van der Waals surface area (Å²) in [6.07, 6.45) is 0.723. The van der Waals surface area contributed by atoms with Crippen molar-refractivity contribution in [2.45, 2.75) is 32.9 Å². The number of rotatable bonds is 3. The van der Waals surface area contributed by atoms with E-state index in [-0.39, 0.29) is 5.92 Å². The van der Waals surface area contributed by atoms with Crippen molar-refractivity contribution in [1.29, 1.82) is 0 Å². The Kier molecular flexibility index (Phi) is 3.11. The molecular weight excluding hydrogens is 116 g/mol. The minimum absolute atomic E-state index is 0.243. The predicted octanol–water partition coefficient (Wildman–Crippen LogP) is 0.686. The first-order chi connectivity index (χ1) is 4.06. The molecule has 0 aliphatic heterocycles. The van der Waals surface area contributed by atoms with Gasteiger partial charge in [-0.15, -0.1) is 0 Å². The highest BCUT2D eigenvalue weighted by Crippen LogP contribution is 2.12. The summed E-state index contributed by atoms with van der Waals surface area (Å²) in [5, 5.41) is 8.58. The molecule has 9 heavy (non-hydrogen) atoms. The fourth-order valence-electron chi connectivity index (χ4n) is 0.616. The zero-order valence-electron chi connectivity index (χ0n) is 6.31. The molecule has 0 aliphatic rings. The van der Waals surface area contributed by atoms with Gasteiger partial charge in [0.2, 0.25) is 0 Å². The van der Waals surface area contributed by atoms with Gasteiger partial charge in [-0.2, -0.15) is 5.48 Å². The molecule has 56 valence electrons. The monoisotopic (exact) mass is 132 g/mol. The van der Waals surface area contributed by atoms with E-state index in [1.807, 2.05) is 20.8 Å². The molecule has 0 radical (unpaired) electrons. The Balaban J connectivity index is 3.92. The Morgan fingerprint density at radius 1 is 1.67 bits per heavy atom. The SMILES string of the molecule is CCC(N)(NO)C(C)C. The third kappa shape index (κ3) is 1.93. The fraction of sp³-hybridized carbons (Fsp3) is 1.00. The average Bonchev–Trinajstić information content (AvgIpc) is 1.86. The number of hydrogen-bond acceptors (Lipinski definition) is 3. The molecule has 3 nitrogen and oxygen atoms in total. The highest BCUT2D eigenvalue weighted by atomic mass is 16.5. The molecule has 0 aromatic heterocycles. The summed E-state index contributed by atoms with van der Waals surface area (Å²) < 4.78 is 0. The van der Waals surface area contributed by atoms with Crippen molar-refractivity contribution in [3.63, 3.8) is 0 Å². The van der Waals surface area contributed by atoms with Crippen LogP contribution in [0.3, 0.4) is 0 Å². The van der Waals surface area contributed by atoms with Gasteiger partial charge in [0.05, 0.1) is 5.66 Å². The summed E-state index contributed by atoms with van der Waals surface area (Å²) in [5.41, 5.74) is 7.17. The molecule has 0 aliphatic carbocycles. The molecule has 0 spiro atoms. The van der Waals surface area contributed by atoms with Gasteiger partial charge in [-0.1, -0.05) is 20.8 Å². The van der Waals surface area contributed by atoms with Crippen LogP contribution in [0.15, 0.2) is 0 Å². The van der Waals surface area contributed by atoms with Crippen LogP contribution >= 0.6 is 0 Å². The Morgan fingerprint density at radius 2 is 2.11 bits per heavy atom. The Labute approximate surface area is 56.2 Å². The molecule has 0 bridgehead atoms. The molecule has 0 rings (SSSR count). The fourth-order valence-corrected chi connectivity index (χ4v) is 0.616. The van der Waals surface area contributed by atoms with E-state index in [9.17, 15) is 0 Å². The summed E-state index contributed by atoms with van der Waals surface area (Å²) >= 11 is 0. The second-order valence-electron chi connectivity index (χ2n) is 2.66. The summed E-state index contributed by atoms with van der Waals surface area (Å²) in [7, 11) is 0. The molecular formula is C6H16N2O. The van der Waals surface area contributed by atoms with E-state index in [0.29, 0.717) is 0 Å². The average molecular weight is 132 g/mol. The summed E-state index contributed by atoms with van der Waals surface area (Å²) in [4.78, 5) is 0. The van der Waals surface area contributed by atoms with Crippen molar-refractivity contribution in [1.82, 2.24) is 5.48 Å². The van der Waals surface area contributed by atoms with Gasteiger partial charge in [-0.05, 0) is 12.3 Å². The number of nitrogens with one attached hydrogen (secondary N) is 1. The normalized spacial score (nSPS) is 18.0. The van der Waals surface area contributed by atoms with Gasteiger partial charge < -0.3 is 10.9 Å². The molecule has 0 heterocycles. The Hall–Kier alpha value is -0.120. The third-order valence-corrected chi connectivity index (χ3v) is 1.82. The zero-order valence-corrected chi connectivity index (χ0v) is 6.31. The van der Waals surface area contributed by atoms with Crippen LogP contribution in [0.25, 0.3) is 0 Å². The quantitative estimate of drug-likeness (QED) is 0.391. The van der Waals surface area contributed by atoms with E-state index in [1.165, 1.54) is 0 Å². The minimum Gasteiger partial charge on any atom is -0.315 e. The number of nitrogens with two attached hydrogens (primary N) is 1. The van der Waals surface area contributed by atoms with Gasteiger partial charge in [0, 0.05) is 0 Å². The van der Waals surface area contributed by atoms with E-state index in [2.05, 4.69) is 5.48 Å². The van der Waals surface area contributed by atoms with Crippen molar-refractivity contribution < 1.29 is 5.21 Å². The van der Waals surface area contributed by atoms with Crippen LogP contribution in [0.4, 0.5) is 0 Å². The first kappa shape index (κ1) is 8.88. The number of hydrogen-bond donors (Lipinski definition) is 3. The minimum atomic E-state index is -0.611. The van der Waals surface area contributed by atoms with Crippen molar-refractivity contribution in [2.24, 2.45) is 11.7 Å². The third-order valence-electron chi connectivity index (χ3n) is 1.82. The molecule has 0 aromatic rings. The van der Waals surface area contributed by atoms with E-state index in [4.69, 9.17) is 10.9 Å². The van der Waals surface area contributed by atoms with Gasteiger partial charge in [0.1, 0.15) is 0 Å². The van der Waals surface area contributed by atoms with Gasteiger partial charge in [-0.25, -0.2) is 0 Å². The highest BCUT2D eigenvalue weighted by molar-refractivity contribution is 4.78. The van der Waals surface area contributed by atoms with Gasteiger partial charge in [0.15, 0.2) is 0 Å². The Morgan fingerprint density at radius 3 is 2.11 bits per heavy atom. The summed E-state index contributed by atoms with van der Waals surface area (Å²) in [6.45, 7) is 5.86. The van der Waals surface area contributed by atoms with E-state index in [0.717, 1.165) is 6.42 Å². The van der Waals surface area contributed by atoms with E-state index >= 15 is 0 Å². The van der Waals surface area contributed by atoms with Crippen molar-refractivity contribution in [3.8, 4) is 0 Å². The highest BCUT2D eigenvalue weighted by Gasteiger charge is 2.25. The van der Waals surface area contributed by atoms with Crippen molar-refractivity contribution in [2.75, 3.05) is 0 Å². The van der Waals surface area contributed by atoms with Gasteiger partial charge in [-0.3, -0.25) is 0 Å². The van der Waals surface area contributed by atoms with Crippen LogP contribution in [-0.2, 0) is 0 Å². The van der Waals surface area contributed by atoms with Crippen LogP contribution in [0.5, 0.6) is 0 Å². The second-order valence-corrected chi connectivity index (χ2v) is 2.66. The molecule has 4 N–H and O–H groups in total. The van der Waals surface area contributed by atoms with Gasteiger partial charge in [0.25, 0.3) is 0 Å². The molecule has 1 unspecified atom stereocenters. The van der Waals surface area contributed by atoms with Crippen molar-refractivity contribution in [3.05, 3.63) is 0 Å². The van der Waals surface area contributed by atoms with Gasteiger partial charge >= 0.3 is 0 Å². The van der Waals surface area contributed by atoms with Crippen LogP contribution in [0.2, 0.25) is 0 Å². The van der Waals surface area contributed by atoms with Crippen LogP contribution in [0.1, 0.15) is 27.2 Å². The first-order valence-corrected chi connectivity index (χ1v) is 3.27. The summed E-state index contributed by atoms with van der Waals surface area (Å²) in [6, 6.07) is 0. The van der Waals surface area contributed by atoms with Crippen LogP contribution < -0.4 is 11.2 Å². The molecule has 0 amide bonds. The molecule has 3 heteroatoms. The maximum Gasteiger partial charge on any atom is 0.0915 e. The molecule has 0 fully saturated rings. The Bertz CT molecular complexity index is 79.1. The molecule has 1 atom stereocenters. The molecule has 0 saturated heterocycles. The van der Waals surface area contributed by atoms with Crippen LogP contribution in [-0.4, -0.2) is 10.9 Å². The maximum absolute atomic E-state index is 8.58. The van der Waals surface area contributed by atoms with Crippen LogP contribution in [0, 0.1) is 5.92 Å². The van der Waals surface area contributed by atoms with Crippen molar-refractivity contribution >= 4 is 0 Å². The number of hydroxylamine groups is 1. The lowest BCUT2D eigenvalue weighted by atomic mass is 9.95. The smallest absolute Gasteiger partial charge is 0.0915 e. The first-order valence-electron chi connectivity index (χ1n) is 3.27. The lowest BCUT2D eigenvalue weighted by Gasteiger charge is -2.30.